The molecule has 3 unspecified atom stereocenters. The molecule has 0 aliphatic heterocycles. The topological polar surface area (TPSA) is 237 Å². The molecular weight excluding hydrogens is 1200 g/mol. The number of carbonyl (C=O) groups excluding carboxylic acids is 4. The summed E-state index contributed by atoms with van der Waals surface area (Å²) in [6, 6.07) is 0. The maximum atomic E-state index is 13.0. The molecule has 0 fully saturated rings. The number of rotatable bonds is 69. The summed E-state index contributed by atoms with van der Waals surface area (Å²) in [5.74, 6) is 0.857. The van der Waals surface area contributed by atoms with Crippen LogP contribution in [0.1, 0.15) is 357 Å². The van der Waals surface area contributed by atoms with Crippen molar-refractivity contribution >= 4 is 39.5 Å². The van der Waals surface area contributed by atoms with Crippen molar-refractivity contribution in [3.63, 3.8) is 0 Å². The number of unbranched alkanes of at least 4 members (excludes halogenated alkanes) is 34. The van der Waals surface area contributed by atoms with E-state index in [1.165, 1.54) is 154 Å². The smallest absolute Gasteiger partial charge is 0.462 e. The number of phosphoric acid groups is 2. The van der Waals surface area contributed by atoms with E-state index < -0.39 is 97.5 Å². The number of aliphatic hydroxyl groups is 1. The minimum Gasteiger partial charge on any atom is -0.462 e. The molecule has 540 valence electrons. The fourth-order valence-corrected chi connectivity index (χ4v) is 12.4. The van der Waals surface area contributed by atoms with Crippen molar-refractivity contribution in [3.05, 3.63) is 0 Å². The summed E-state index contributed by atoms with van der Waals surface area (Å²) in [6.07, 6.45) is 44.7. The number of hydrogen-bond acceptors (Lipinski definition) is 15. The lowest BCUT2D eigenvalue weighted by Gasteiger charge is -2.21. The van der Waals surface area contributed by atoms with Crippen molar-refractivity contribution in [1.29, 1.82) is 0 Å². The van der Waals surface area contributed by atoms with Gasteiger partial charge in [-0.05, 0) is 49.4 Å². The van der Waals surface area contributed by atoms with Crippen molar-refractivity contribution in [2.75, 3.05) is 39.6 Å². The fraction of sp³-hybridized carbons (Fsp3) is 0.944. The lowest BCUT2D eigenvalue weighted by molar-refractivity contribution is -0.161. The van der Waals surface area contributed by atoms with Crippen LogP contribution in [0.4, 0.5) is 0 Å². The standard InChI is InChI=1S/C72H140O17P2/c1-9-65(8)51-43-35-26-20-17-18-21-27-36-44-52-69(74)82-58-67(88-71(76)54-46-38-28-22-16-14-12-10-11-13-15-19-24-32-40-48-62(2)3)60-86-90(78,79)84-56-66(73)57-85-91(80,81)87-61-68(59-83-70(75)53-45-37-31-30-34-42-50-64(6)7)89-72(77)55-47-39-29-23-25-33-41-49-63(4)5/h62-68,73H,9-61H2,1-8H3,(H,78,79)(H,80,81)/t65?,66-,67-,68-/m1/s1. The van der Waals surface area contributed by atoms with Crippen molar-refractivity contribution in [3.8, 4) is 0 Å². The zero-order valence-electron chi connectivity index (χ0n) is 59.5. The molecule has 91 heavy (non-hydrogen) atoms. The molecule has 0 rings (SSSR count). The van der Waals surface area contributed by atoms with E-state index in [4.69, 9.17) is 37.0 Å². The van der Waals surface area contributed by atoms with E-state index in [0.29, 0.717) is 37.5 Å². The molecule has 0 radical (unpaired) electrons. The van der Waals surface area contributed by atoms with Gasteiger partial charge >= 0.3 is 39.5 Å². The second-order valence-electron chi connectivity index (χ2n) is 27.6. The highest BCUT2D eigenvalue weighted by Crippen LogP contribution is 2.45. The molecule has 0 aromatic rings. The summed E-state index contributed by atoms with van der Waals surface area (Å²) in [5, 5.41) is 10.6. The zero-order valence-corrected chi connectivity index (χ0v) is 61.3. The Morgan fingerprint density at radius 2 is 0.527 bits per heavy atom. The third-order valence-corrected chi connectivity index (χ3v) is 18.8. The molecule has 0 bridgehead atoms. The summed E-state index contributed by atoms with van der Waals surface area (Å²) >= 11 is 0. The van der Waals surface area contributed by atoms with Crippen LogP contribution in [-0.2, 0) is 65.4 Å². The van der Waals surface area contributed by atoms with Gasteiger partial charge in [-0.25, -0.2) is 9.13 Å². The van der Waals surface area contributed by atoms with Crippen LogP contribution in [0.5, 0.6) is 0 Å². The van der Waals surface area contributed by atoms with Crippen LogP contribution in [0.25, 0.3) is 0 Å². The molecule has 0 spiro atoms. The molecule has 0 saturated carbocycles. The van der Waals surface area contributed by atoms with E-state index in [-0.39, 0.29) is 25.7 Å². The highest BCUT2D eigenvalue weighted by Gasteiger charge is 2.30. The van der Waals surface area contributed by atoms with Crippen LogP contribution in [0, 0.1) is 23.7 Å². The van der Waals surface area contributed by atoms with Crippen LogP contribution >= 0.6 is 15.6 Å². The van der Waals surface area contributed by atoms with Crippen molar-refractivity contribution in [2.45, 2.75) is 375 Å². The molecule has 17 nitrogen and oxygen atoms in total. The average molecular weight is 1340 g/mol. The van der Waals surface area contributed by atoms with Crippen LogP contribution in [-0.4, -0.2) is 96.7 Å². The number of hydrogen-bond donors (Lipinski definition) is 3. The molecule has 0 heterocycles. The van der Waals surface area contributed by atoms with Crippen LogP contribution in [0.3, 0.4) is 0 Å². The first-order chi connectivity index (χ1) is 43.6. The van der Waals surface area contributed by atoms with Gasteiger partial charge in [-0.3, -0.25) is 37.3 Å². The SMILES string of the molecule is CCC(C)CCCCCCCCCCCCC(=O)OC[C@H](COP(=O)(O)OC[C@@H](O)COP(=O)(O)OC[C@@H](COC(=O)CCCCCCCCC(C)C)OC(=O)CCCCCCCCCC(C)C)OC(=O)CCCCCCCCCCCCCCCCCC(C)C. The Morgan fingerprint density at radius 1 is 0.308 bits per heavy atom. The molecular formula is C72H140O17P2. The van der Waals surface area contributed by atoms with E-state index in [1.807, 2.05) is 0 Å². The maximum absolute atomic E-state index is 13.0. The van der Waals surface area contributed by atoms with E-state index >= 15 is 0 Å². The molecule has 19 heteroatoms. The van der Waals surface area contributed by atoms with Gasteiger partial charge in [-0.15, -0.1) is 0 Å². The quantitative estimate of drug-likeness (QED) is 0.0222. The highest BCUT2D eigenvalue weighted by atomic mass is 31.2. The van der Waals surface area contributed by atoms with Crippen LogP contribution < -0.4 is 0 Å². The Hall–Kier alpha value is -1.94. The van der Waals surface area contributed by atoms with Gasteiger partial charge in [0.05, 0.1) is 26.4 Å². The largest absolute Gasteiger partial charge is 0.472 e. The summed E-state index contributed by atoms with van der Waals surface area (Å²) in [6.45, 7) is 14.1. The predicted molar refractivity (Wildman–Crippen MR) is 367 cm³/mol. The number of aliphatic hydroxyl groups excluding tert-OH is 1. The molecule has 0 aromatic carbocycles. The average Bonchev–Trinajstić information content (AvgIpc) is 3.46. The molecule has 0 saturated heterocycles. The summed E-state index contributed by atoms with van der Waals surface area (Å²) in [7, 11) is -9.90. The summed E-state index contributed by atoms with van der Waals surface area (Å²) < 4.78 is 68.3. The highest BCUT2D eigenvalue weighted by molar-refractivity contribution is 7.47. The van der Waals surface area contributed by atoms with Gasteiger partial charge in [0.2, 0.25) is 0 Å². The van der Waals surface area contributed by atoms with Crippen molar-refractivity contribution < 1.29 is 80.2 Å². The third kappa shape index (κ3) is 65.1. The molecule has 6 atom stereocenters. The third-order valence-electron chi connectivity index (χ3n) is 16.9. The predicted octanol–water partition coefficient (Wildman–Crippen LogP) is 20.5. The number of carbonyl (C=O) groups is 4. The first-order valence-corrected chi connectivity index (χ1v) is 40.2. The minimum atomic E-state index is -4.95. The van der Waals surface area contributed by atoms with E-state index in [1.54, 1.807) is 0 Å². The van der Waals surface area contributed by atoms with Crippen molar-refractivity contribution in [1.82, 2.24) is 0 Å². The van der Waals surface area contributed by atoms with Gasteiger partial charge in [-0.1, -0.05) is 306 Å². The van der Waals surface area contributed by atoms with E-state index in [0.717, 1.165) is 108 Å². The van der Waals surface area contributed by atoms with E-state index in [9.17, 15) is 43.2 Å². The summed E-state index contributed by atoms with van der Waals surface area (Å²) in [5.41, 5.74) is 0. The maximum Gasteiger partial charge on any atom is 0.472 e. The minimum absolute atomic E-state index is 0.102. The van der Waals surface area contributed by atoms with Gasteiger partial charge in [0.15, 0.2) is 12.2 Å². The number of ether oxygens (including phenoxy) is 4. The summed E-state index contributed by atoms with van der Waals surface area (Å²) in [4.78, 5) is 72.6. The molecule has 3 N–H and O–H groups in total. The van der Waals surface area contributed by atoms with Gasteiger partial charge < -0.3 is 33.8 Å². The second-order valence-corrected chi connectivity index (χ2v) is 30.6. The Kier molecular flexibility index (Phi) is 60.3. The fourth-order valence-electron chi connectivity index (χ4n) is 10.8. The van der Waals surface area contributed by atoms with Gasteiger partial charge in [0, 0.05) is 25.7 Å². The monoisotopic (exact) mass is 1340 g/mol. The Labute approximate surface area is 556 Å². The lowest BCUT2D eigenvalue weighted by atomic mass is 9.99. The lowest BCUT2D eigenvalue weighted by Crippen LogP contribution is -2.30. The Morgan fingerprint density at radius 3 is 0.780 bits per heavy atom. The van der Waals surface area contributed by atoms with Gasteiger partial charge in [-0.2, -0.15) is 0 Å². The van der Waals surface area contributed by atoms with Gasteiger partial charge in [0.1, 0.15) is 19.3 Å². The van der Waals surface area contributed by atoms with Crippen LogP contribution in [0.2, 0.25) is 0 Å². The molecule has 0 amide bonds. The van der Waals surface area contributed by atoms with Crippen molar-refractivity contribution in [2.24, 2.45) is 23.7 Å². The first-order valence-electron chi connectivity index (χ1n) is 37.2. The number of esters is 4. The van der Waals surface area contributed by atoms with Crippen LogP contribution in [0.15, 0.2) is 0 Å². The van der Waals surface area contributed by atoms with E-state index in [2.05, 4.69) is 55.4 Å². The zero-order chi connectivity index (χ0) is 67.5. The molecule has 0 aliphatic carbocycles. The Bertz CT molecular complexity index is 1800. The molecule has 0 aliphatic rings. The first kappa shape index (κ1) is 89.1. The number of phosphoric ester groups is 2. The second kappa shape index (κ2) is 61.6. The Balaban J connectivity index is 5.23. The molecule has 0 aromatic heterocycles. The van der Waals surface area contributed by atoms with Gasteiger partial charge in [0.25, 0.3) is 0 Å². The normalized spacial score (nSPS) is 14.5.